The maximum atomic E-state index is 10.6. The van der Waals surface area contributed by atoms with Crippen LogP contribution in [0.15, 0.2) is 16.7 Å². The van der Waals surface area contributed by atoms with Crippen molar-refractivity contribution < 1.29 is 14.3 Å². The van der Waals surface area contributed by atoms with Gasteiger partial charge in [-0.25, -0.2) is 0 Å². The largest absolute Gasteiger partial charge is 0.481 e. The Morgan fingerprint density at radius 1 is 1.47 bits per heavy atom. The van der Waals surface area contributed by atoms with Gasteiger partial charge in [-0.15, -0.1) is 0 Å². The second-order valence-electron chi connectivity index (χ2n) is 5.26. The summed E-state index contributed by atoms with van der Waals surface area (Å²) in [6, 6.07) is 1.92. The Hall–Kier alpha value is -1.29. The van der Waals surface area contributed by atoms with Crippen molar-refractivity contribution in [1.82, 2.24) is 4.90 Å². The van der Waals surface area contributed by atoms with Crippen molar-refractivity contribution in [2.75, 3.05) is 6.54 Å². The summed E-state index contributed by atoms with van der Waals surface area (Å²) in [6.07, 6.45) is 1.82. The lowest BCUT2D eigenvalue weighted by Gasteiger charge is -2.34. The number of carboxylic acid groups (broad SMARTS) is 1. The van der Waals surface area contributed by atoms with Gasteiger partial charge in [-0.3, -0.25) is 9.69 Å². The van der Waals surface area contributed by atoms with Crippen molar-refractivity contribution in [2.24, 2.45) is 0 Å². The molecule has 1 rings (SSSR count). The third kappa shape index (κ3) is 4.23. The van der Waals surface area contributed by atoms with E-state index in [9.17, 15) is 4.79 Å². The van der Waals surface area contributed by atoms with Crippen molar-refractivity contribution in [3.8, 4) is 0 Å². The number of hydrogen-bond donors (Lipinski definition) is 1. The van der Waals surface area contributed by atoms with Gasteiger partial charge in [0.2, 0.25) is 0 Å². The summed E-state index contributed by atoms with van der Waals surface area (Å²) in [5.41, 5.74) is 1.03. The first-order valence-electron chi connectivity index (χ1n) is 5.80. The molecule has 4 heteroatoms. The lowest BCUT2D eigenvalue weighted by Crippen LogP contribution is -2.42. The second-order valence-corrected chi connectivity index (χ2v) is 5.26. The molecule has 0 amide bonds. The standard InChI is InChI=1S/C13H21NO3/c1-10-6-8-17-11(10)9-14(13(2,3)4)7-5-12(15)16/h6,8H,5,7,9H2,1-4H3,(H,15,16). The molecule has 1 aromatic rings. The van der Waals surface area contributed by atoms with Crippen molar-refractivity contribution >= 4 is 5.97 Å². The summed E-state index contributed by atoms with van der Waals surface area (Å²) in [4.78, 5) is 12.8. The first-order valence-corrected chi connectivity index (χ1v) is 5.80. The van der Waals surface area contributed by atoms with E-state index < -0.39 is 5.97 Å². The van der Waals surface area contributed by atoms with Crippen LogP contribution in [-0.4, -0.2) is 28.1 Å². The fourth-order valence-corrected chi connectivity index (χ4v) is 1.62. The molecule has 0 aromatic carbocycles. The fraction of sp³-hybridized carbons (Fsp3) is 0.615. The Kier molecular flexibility index (Phi) is 4.34. The highest BCUT2D eigenvalue weighted by Gasteiger charge is 2.23. The van der Waals surface area contributed by atoms with E-state index in [2.05, 4.69) is 25.7 Å². The Morgan fingerprint density at radius 3 is 2.53 bits per heavy atom. The van der Waals surface area contributed by atoms with Gasteiger partial charge in [0.25, 0.3) is 0 Å². The van der Waals surface area contributed by atoms with Crippen molar-refractivity contribution in [2.45, 2.75) is 46.2 Å². The smallest absolute Gasteiger partial charge is 0.304 e. The Balaban J connectivity index is 2.71. The molecule has 0 atom stereocenters. The van der Waals surface area contributed by atoms with E-state index in [4.69, 9.17) is 9.52 Å². The Morgan fingerprint density at radius 2 is 2.12 bits per heavy atom. The van der Waals surface area contributed by atoms with Crippen LogP contribution < -0.4 is 0 Å². The Labute approximate surface area is 102 Å². The maximum Gasteiger partial charge on any atom is 0.304 e. The average Bonchev–Trinajstić information content (AvgIpc) is 2.56. The molecule has 0 aliphatic rings. The molecule has 1 aromatic heterocycles. The van der Waals surface area contributed by atoms with Crippen LogP contribution in [0.3, 0.4) is 0 Å². The summed E-state index contributed by atoms with van der Waals surface area (Å²) in [5.74, 6) is 0.140. The van der Waals surface area contributed by atoms with Gasteiger partial charge in [0.1, 0.15) is 5.76 Å². The third-order valence-electron chi connectivity index (χ3n) is 2.85. The molecule has 0 fully saturated rings. The highest BCUT2D eigenvalue weighted by Crippen LogP contribution is 2.20. The molecular formula is C13H21NO3. The van der Waals surface area contributed by atoms with E-state index in [0.717, 1.165) is 11.3 Å². The van der Waals surface area contributed by atoms with Crippen LogP contribution >= 0.6 is 0 Å². The van der Waals surface area contributed by atoms with E-state index in [-0.39, 0.29) is 12.0 Å². The molecule has 0 unspecified atom stereocenters. The number of hydrogen-bond acceptors (Lipinski definition) is 3. The molecular weight excluding hydrogens is 218 g/mol. The van der Waals surface area contributed by atoms with Crippen LogP contribution in [0.5, 0.6) is 0 Å². The number of carboxylic acids is 1. The minimum Gasteiger partial charge on any atom is -0.481 e. The third-order valence-corrected chi connectivity index (χ3v) is 2.85. The highest BCUT2D eigenvalue weighted by molar-refractivity contribution is 5.66. The number of aliphatic carboxylic acids is 1. The monoisotopic (exact) mass is 239 g/mol. The number of rotatable bonds is 5. The van der Waals surface area contributed by atoms with E-state index in [1.54, 1.807) is 6.26 Å². The van der Waals surface area contributed by atoms with Gasteiger partial charge in [-0.05, 0) is 39.3 Å². The highest BCUT2D eigenvalue weighted by atomic mass is 16.4. The molecule has 0 spiro atoms. The molecule has 1 heterocycles. The summed E-state index contributed by atoms with van der Waals surface area (Å²) in [5, 5.41) is 8.76. The maximum absolute atomic E-state index is 10.6. The predicted molar refractivity (Wildman–Crippen MR) is 65.9 cm³/mol. The van der Waals surface area contributed by atoms with Crippen LogP contribution in [-0.2, 0) is 11.3 Å². The zero-order valence-corrected chi connectivity index (χ0v) is 11.0. The minimum absolute atomic E-state index is 0.0747. The molecule has 0 aliphatic heterocycles. The molecule has 0 saturated carbocycles. The van der Waals surface area contributed by atoms with Crippen LogP contribution in [0.4, 0.5) is 0 Å². The van der Waals surface area contributed by atoms with E-state index >= 15 is 0 Å². The zero-order chi connectivity index (χ0) is 13.1. The number of carbonyl (C=O) groups is 1. The average molecular weight is 239 g/mol. The topological polar surface area (TPSA) is 53.7 Å². The number of aryl methyl sites for hydroxylation is 1. The van der Waals surface area contributed by atoms with Crippen molar-refractivity contribution in [3.63, 3.8) is 0 Å². The van der Waals surface area contributed by atoms with Gasteiger partial charge in [0.15, 0.2) is 0 Å². The Bertz CT molecular complexity index is 376. The summed E-state index contributed by atoms with van der Waals surface area (Å²) >= 11 is 0. The van der Waals surface area contributed by atoms with Crippen LogP contribution in [0.25, 0.3) is 0 Å². The second kappa shape index (κ2) is 5.36. The summed E-state index contributed by atoms with van der Waals surface area (Å²) in [7, 11) is 0. The molecule has 17 heavy (non-hydrogen) atoms. The molecule has 0 radical (unpaired) electrons. The van der Waals surface area contributed by atoms with Crippen molar-refractivity contribution in [3.05, 3.63) is 23.7 Å². The lowest BCUT2D eigenvalue weighted by atomic mass is 10.0. The predicted octanol–water partition coefficient (Wildman–Crippen LogP) is 2.66. The SMILES string of the molecule is Cc1ccoc1CN(CCC(=O)O)C(C)(C)C. The molecule has 96 valence electrons. The summed E-state index contributed by atoms with van der Waals surface area (Å²) in [6.45, 7) is 9.40. The molecule has 0 saturated heterocycles. The fourth-order valence-electron chi connectivity index (χ4n) is 1.62. The van der Waals surface area contributed by atoms with Crippen molar-refractivity contribution in [1.29, 1.82) is 0 Å². The first kappa shape index (κ1) is 13.8. The van der Waals surface area contributed by atoms with Crippen LogP contribution in [0.1, 0.15) is 38.5 Å². The lowest BCUT2D eigenvalue weighted by molar-refractivity contribution is -0.137. The molecule has 0 aliphatic carbocycles. The van der Waals surface area contributed by atoms with Gasteiger partial charge in [-0.1, -0.05) is 0 Å². The van der Waals surface area contributed by atoms with Gasteiger partial charge in [-0.2, -0.15) is 0 Å². The normalized spacial score (nSPS) is 12.1. The van der Waals surface area contributed by atoms with Crippen LogP contribution in [0, 0.1) is 6.92 Å². The molecule has 0 bridgehead atoms. The number of furan rings is 1. The minimum atomic E-state index is -0.768. The first-order chi connectivity index (χ1) is 7.80. The van der Waals surface area contributed by atoms with Crippen LogP contribution in [0.2, 0.25) is 0 Å². The summed E-state index contributed by atoms with van der Waals surface area (Å²) < 4.78 is 5.41. The van der Waals surface area contributed by atoms with Gasteiger partial charge in [0, 0.05) is 12.1 Å². The van der Waals surface area contributed by atoms with E-state index in [1.807, 2.05) is 13.0 Å². The van der Waals surface area contributed by atoms with E-state index in [1.165, 1.54) is 0 Å². The quantitative estimate of drug-likeness (QED) is 0.858. The van der Waals surface area contributed by atoms with E-state index in [0.29, 0.717) is 13.1 Å². The van der Waals surface area contributed by atoms with Gasteiger partial charge < -0.3 is 9.52 Å². The van der Waals surface area contributed by atoms with Gasteiger partial charge in [0.05, 0.1) is 19.2 Å². The molecule has 1 N–H and O–H groups in total. The number of nitrogens with zero attached hydrogens (tertiary/aromatic N) is 1. The molecule has 4 nitrogen and oxygen atoms in total. The zero-order valence-electron chi connectivity index (χ0n) is 11.0. The van der Waals surface area contributed by atoms with Gasteiger partial charge >= 0.3 is 5.97 Å².